The van der Waals surface area contributed by atoms with Crippen LogP contribution in [-0.4, -0.2) is 42.0 Å². The third-order valence-corrected chi connectivity index (χ3v) is 6.92. The van der Waals surface area contributed by atoms with Crippen molar-refractivity contribution in [2.24, 2.45) is 11.8 Å². The third-order valence-electron chi connectivity index (χ3n) is 5.05. The normalized spacial score (nSPS) is 20.2. The Hall–Kier alpha value is -1.37. The van der Waals surface area contributed by atoms with Gasteiger partial charge in [0.15, 0.2) is 0 Å². The molecule has 1 aromatic heterocycles. The van der Waals surface area contributed by atoms with Crippen LogP contribution in [-0.2, 0) is 5.75 Å². The zero-order valence-corrected chi connectivity index (χ0v) is 18.7. The maximum atomic E-state index is 12.4. The maximum absolute atomic E-state index is 12.4. The summed E-state index contributed by atoms with van der Waals surface area (Å²) in [6.07, 6.45) is 2.34. The molecule has 2 atom stereocenters. The molecular formula is C22H31N3OS2. The molecule has 1 aliphatic rings. The topological polar surface area (TPSA) is 45.2 Å². The molecular weight excluding hydrogens is 386 g/mol. The molecule has 1 saturated heterocycles. The number of nitrogens with zero attached hydrogens (tertiary/aromatic N) is 2. The summed E-state index contributed by atoms with van der Waals surface area (Å²) >= 11 is 3.44. The first-order valence-corrected chi connectivity index (χ1v) is 12.0. The fourth-order valence-electron chi connectivity index (χ4n) is 3.92. The number of hydrogen-bond donors (Lipinski definition) is 1. The van der Waals surface area contributed by atoms with E-state index < -0.39 is 0 Å². The number of aryl methyl sites for hydroxylation is 1. The number of amides is 1. The molecule has 0 bridgehead atoms. The van der Waals surface area contributed by atoms with Gasteiger partial charge in [-0.2, -0.15) is 0 Å². The average Bonchev–Trinajstić information content (AvgIpc) is 3.08. The molecule has 2 aromatic rings. The van der Waals surface area contributed by atoms with Crippen LogP contribution in [0.15, 0.2) is 34.5 Å². The standard InChI is InChI=1S/C22H31N3OS2/c1-16-11-17(2)13-25(12-16)10-4-9-23-22(26)19-5-7-21(8-6-19)28-15-20-14-27-18(3)24-20/h5-8,14,16-17H,4,9-13,15H2,1-3H3,(H,23,26). The number of carbonyl (C=O) groups is 1. The van der Waals surface area contributed by atoms with E-state index in [1.165, 1.54) is 19.5 Å². The van der Waals surface area contributed by atoms with Crippen LogP contribution in [0.2, 0.25) is 0 Å². The molecule has 1 N–H and O–H groups in total. The number of thiazole rings is 1. The highest BCUT2D eigenvalue weighted by atomic mass is 32.2. The molecule has 1 fully saturated rings. The largest absolute Gasteiger partial charge is 0.352 e. The van der Waals surface area contributed by atoms with Crippen LogP contribution < -0.4 is 5.32 Å². The van der Waals surface area contributed by atoms with Gasteiger partial charge in [-0.05, 0) is 62.4 Å². The quantitative estimate of drug-likeness (QED) is 0.493. The van der Waals surface area contributed by atoms with Crippen molar-refractivity contribution >= 4 is 29.0 Å². The van der Waals surface area contributed by atoms with Crippen molar-refractivity contribution in [2.45, 2.75) is 44.3 Å². The summed E-state index contributed by atoms with van der Waals surface area (Å²) in [5.41, 5.74) is 1.85. The van der Waals surface area contributed by atoms with Gasteiger partial charge >= 0.3 is 0 Å². The molecule has 152 valence electrons. The van der Waals surface area contributed by atoms with Crippen LogP contribution in [0, 0.1) is 18.8 Å². The van der Waals surface area contributed by atoms with E-state index in [9.17, 15) is 4.79 Å². The van der Waals surface area contributed by atoms with Gasteiger partial charge in [-0.15, -0.1) is 23.1 Å². The molecule has 6 heteroatoms. The lowest BCUT2D eigenvalue weighted by Gasteiger charge is -2.34. The summed E-state index contributed by atoms with van der Waals surface area (Å²) in [6.45, 7) is 10.9. The molecule has 1 aromatic carbocycles. The van der Waals surface area contributed by atoms with Gasteiger partial charge in [0.1, 0.15) is 0 Å². The Morgan fingerprint density at radius 2 is 1.96 bits per heavy atom. The molecule has 0 radical (unpaired) electrons. The predicted octanol–water partition coefficient (Wildman–Crippen LogP) is 4.84. The van der Waals surface area contributed by atoms with Gasteiger partial charge < -0.3 is 10.2 Å². The summed E-state index contributed by atoms with van der Waals surface area (Å²) in [5.74, 6) is 2.46. The second-order valence-electron chi connectivity index (χ2n) is 7.99. The first-order chi connectivity index (χ1) is 13.5. The number of benzene rings is 1. The lowest BCUT2D eigenvalue weighted by atomic mass is 9.92. The Labute approximate surface area is 177 Å². The second kappa shape index (κ2) is 10.4. The number of carbonyl (C=O) groups excluding carboxylic acids is 1. The third kappa shape index (κ3) is 6.61. The minimum Gasteiger partial charge on any atom is -0.352 e. The van der Waals surface area contributed by atoms with E-state index in [1.54, 1.807) is 23.1 Å². The highest BCUT2D eigenvalue weighted by Gasteiger charge is 2.21. The molecule has 3 rings (SSSR count). The van der Waals surface area contributed by atoms with Gasteiger partial charge in [0.25, 0.3) is 5.91 Å². The summed E-state index contributed by atoms with van der Waals surface area (Å²) in [5, 5.41) is 6.27. The van der Waals surface area contributed by atoms with Crippen molar-refractivity contribution in [3.05, 3.63) is 45.9 Å². The van der Waals surface area contributed by atoms with Gasteiger partial charge in [0.05, 0.1) is 10.7 Å². The van der Waals surface area contributed by atoms with Gasteiger partial charge in [-0.25, -0.2) is 4.98 Å². The molecule has 0 saturated carbocycles. The minimum absolute atomic E-state index is 0.0204. The monoisotopic (exact) mass is 417 g/mol. The predicted molar refractivity (Wildman–Crippen MR) is 119 cm³/mol. The van der Waals surface area contributed by atoms with E-state index in [0.29, 0.717) is 0 Å². The fourth-order valence-corrected chi connectivity index (χ4v) is 5.42. The number of hydrogen-bond acceptors (Lipinski definition) is 5. The Morgan fingerprint density at radius 3 is 2.61 bits per heavy atom. The van der Waals surface area contributed by atoms with Gasteiger partial charge in [0, 0.05) is 41.2 Å². The Morgan fingerprint density at radius 1 is 1.25 bits per heavy atom. The van der Waals surface area contributed by atoms with Crippen LogP contribution in [0.1, 0.15) is 47.7 Å². The van der Waals surface area contributed by atoms with Crippen LogP contribution in [0.4, 0.5) is 0 Å². The summed E-state index contributed by atoms with van der Waals surface area (Å²) < 4.78 is 0. The molecule has 4 nitrogen and oxygen atoms in total. The van der Waals surface area contributed by atoms with E-state index in [4.69, 9.17) is 0 Å². The van der Waals surface area contributed by atoms with Crippen LogP contribution >= 0.6 is 23.1 Å². The summed E-state index contributed by atoms with van der Waals surface area (Å²) in [6, 6.07) is 7.88. The lowest BCUT2D eigenvalue weighted by molar-refractivity contribution is 0.0947. The maximum Gasteiger partial charge on any atom is 0.251 e. The second-order valence-corrected chi connectivity index (χ2v) is 10.1. The van der Waals surface area contributed by atoms with E-state index >= 15 is 0 Å². The smallest absolute Gasteiger partial charge is 0.251 e. The van der Waals surface area contributed by atoms with Crippen molar-refractivity contribution < 1.29 is 4.79 Å². The summed E-state index contributed by atoms with van der Waals surface area (Å²) in [7, 11) is 0. The number of aromatic nitrogens is 1. The Bertz CT molecular complexity index is 749. The van der Waals surface area contributed by atoms with E-state index in [2.05, 4.69) is 34.4 Å². The molecule has 1 aliphatic heterocycles. The number of thioether (sulfide) groups is 1. The zero-order chi connectivity index (χ0) is 19.9. The van der Waals surface area contributed by atoms with Gasteiger partial charge in [-0.1, -0.05) is 13.8 Å². The Kier molecular flexibility index (Phi) is 7.94. The van der Waals surface area contributed by atoms with Crippen molar-refractivity contribution in [3.8, 4) is 0 Å². The number of nitrogens with one attached hydrogen (secondary N) is 1. The van der Waals surface area contributed by atoms with Gasteiger partial charge in [-0.3, -0.25) is 4.79 Å². The molecule has 1 amide bonds. The molecule has 2 unspecified atom stereocenters. The first-order valence-electron chi connectivity index (χ1n) is 10.1. The average molecular weight is 418 g/mol. The van der Waals surface area contributed by atoms with Crippen LogP contribution in [0.3, 0.4) is 0 Å². The molecule has 28 heavy (non-hydrogen) atoms. The molecule has 2 heterocycles. The highest BCUT2D eigenvalue weighted by Crippen LogP contribution is 2.24. The van der Waals surface area contributed by atoms with Crippen molar-refractivity contribution in [1.82, 2.24) is 15.2 Å². The van der Waals surface area contributed by atoms with E-state index in [0.717, 1.165) is 58.3 Å². The fraction of sp³-hybridized carbons (Fsp3) is 0.545. The highest BCUT2D eigenvalue weighted by molar-refractivity contribution is 7.98. The molecule has 0 spiro atoms. The SMILES string of the molecule is Cc1nc(CSc2ccc(C(=O)NCCCN3CC(C)CC(C)C3)cc2)cs1. The minimum atomic E-state index is 0.0204. The van der Waals surface area contributed by atoms with E-state index in [1.807, 2.05) is 31.2 Å². The van der Waals surface area contributed by atoms with E-state index in [-0.39, 0.29) is 5.91 Å². The van der Waals surface area contributed by atoms with Crippen molar-refractivity contribution in [1.29, 1.82) is 0 Å². The first kappa shape index (κ1) is 21.3. The lowest BCUT2D eigenvalue weighted by Crippen LogP contribution is -2.40. The van der Waals surface area contributed by atoms with Crippen LogP contribution in [0.5, 0.6) is 0 Å². The summed E-state index contributed by atoms with van der Waals surface area (Å²) in [4.78, 5) is 20.5. The number of rotatable bonds is 8. The van der Waals surface area contributed by atoms with Crippen LogP contribution in [0.25, 0.3) is 0 Å². The van der Waals surface area contributed by atoms with Crippen molar-refractivity contribution in [3.63, 3.8) is 0 Å². The zero-order valence-electron chi connectivity index (χ0n) is 17.1. The molecule has 0 aliphatic carbocycles. The van der Waals surface area contributed by atoms with Crippen molar-refractivity contribution in [2.75, 3.05) is 26.2 Å². The number of piperidine rings is 1. The number of likely N-dealkylation sites (tertiary alicyclic amines) is 1. The van der Waals surface area contributed by atoms with Gasteiger partial charge in [0.2, 0.25) is 0 Å². The Balaban J connectivity index is 1.37.